The molecule has 0 aromatic rings. The lowest BCUT2D eigenvalue weighted by Crippen LogP contribution is -2.46. The second-order valence-corrected chi connectivity index (χ2v) is 12.6. The molecular weight excluding hydrogens is 522 g/mol. The fourth-order valence-corrected chi connectivity index (χ4v) is 6.14. The molecule has 12 heteroatoms. The largest absolute Gasteiger partial charge is 0.458 e. The summed E-state index contributed by atoms with van der Waals surface area (Å²) in [6.07, 6.45) is 6.01. The van der Waals surface area contributed by atoms with E-state index in [0.717, 1.165) is 37.9 Å². The lowest BCUT2D eigenvalue weighted by molar-refractivity contribution is -0.159. The minimum atomic E-state index is -0.954. The molecule has 4 amide bonds. The van der Waals surface area contributed by atoms with E-state index in [-0.39, 0.29) is 48.7 Å². The van der Waals surface area contributed by atoms with Crippen LogP contribution in [0.2, 0.25) is 0 Å². The number of ether oxygens (including phenoxy) is 1. The van der Waals surface area contributed by atoms with Gasteiger partial charge in [-0.25, -0.2) is 9.59 Å². The molecule has 5 N–H and O–H groups in total. The van der Waals surface area contributed by atoms with Crippen molar-refractivity contribution < 1.29 is 28.7 Å². The normalized spacial score (nSPS) is 21.6. The lowest BCUT2D eigenvalue weighted by Gasteiger charge is -2.25. The quantitative estimate of drug-likeness (QED) is 0.0779. The molecule has 2 aliphatic rings. The van der Waals surface area contributed by atoms with Crippen LogP contribution >= 0.6 is 11.8 Å². The molecule has 0 saturated carbocycles. The molecule has 0 aromatic carbocycles. The summed E-state index contributed by atoms with van der Waals surface area (Å²) in [5.41, 5.74) is -0.730. The highest BCUT2D eigenvalue weighted by Gasteiger charge is 2.42. The van der Waals surface area contributed by atoms with Crippen molar-refractivity contribution >= 4 is 47.6 Å². The Labute approximate surface area is 235 Å². The number of hydrogen-bond donors (Lipinski definition) is 5. The van der Waals surface area contributed by atoms with Crippen molar-refractivity contribution in [2.75, 3.05) is 12.3 Å². The second kappa shape index (κ2) is 15.8. The zero-order valence-electron chi connectivity index (χ0n) is 23.6. The predicted molar refractivity (Wildman–Crippen MR) is 151 cm³/mol. The highest BCUT2D eigenvalue weighted by atomic mass is 32.2. The highest BCUT2D eigenvalue weighted by molar-refractivity contribution is 8.00. The molecule has 0 aromatic heterocycles. The van der Waals surface area contributed by atoms with Gasteiger partial charge in [-0.3, -0.25) is 14.4 Å². The molecule has 0 radical (unpaired) electrons. The summed E-state index contributed by atoms with van der Waals surface area (Å²) in [5.74, 6) is -0.708. The molecule has 5 atom stereocenters. The Morgan fingerprint density at radius 1 is 1.10 bits per heavy atom. The molecule has 2 aliphatic heterocycles. The fourth-order valence-electron chi connectivity index (χ4n) is 4.59. The molecular formula is C27H45N5O6S. The van der Waals surface area contributed by atoms with Gasteiger partial charge < -0.3 is 31.4 Å². The zero-order valence-corrected chi connectivity index (χ0v) is 24.4. The van der Waals surface area contributed by atoms with Crippen LogP contribution in [0.4, 0.5) is 4.79 Å². The van der Waals surface area contributed by atoms with Gasteiger partial charge in [0.05, 0.1) is 18.3 Å². The van der Waals surface area contributed by atoms with E-state index in [2.05, 4.69) is 21.3 Å². The van der Waals surface area contributed by atoms with Crippen molar-refractivity contribution in [1.29, 1.82) is 5.41 Å². The van der Waals surface area contributed by atoms with Crippen LogP contribution in [-0.4, -0.2) is 77.1 Å². The maximum atomic E-state index is 12.7. The van der Waals surface area contributed by atoms with Gasteiger partial charge in [0.25, 0.3) is 0 Å². The molecule has 220 valence electrons. The SMILES string of the molecule is C[C@@H](CCCCNC(=O)CCCC[C@@H]1SC[C@H]2NC(=O)N[C@@H]12)C(=O)N[C@@H](CCC(=O)C=N)C(=O)OC(C)(C)C. The van der Waals surface area contributed by atoms with Crippen molar-refractivity contribution in [1.82, 2.24) is 21.3 Å². The van der Waals surface area contributed by atoms with Crippen molar-refractivity contribution in [3.8, 4) is 0 Å². The minimum Gasteiger partial charge on any atom is -0.458 e. The number of rotatable bonds is 17. The third-order valence-electron chi connectivity index (χ3n) is 6.76. The van der Waals surface area contributed by atoms with E-state index in [4.69, 9.17) is 10.1 Å². The summed E-state index contributed by atoms with van der Waals surface area (Å²) in [6, 6.07) is -0.618. The van der Waals surface area contributed by atoms with Gasteiger partial charge in [0.1, 0.15) is 11.6 Å². The summed E-state index contributed by atoms with van der Waals surface area (Å²) < 4.78 is 5.38. The Hall–Kier alpha value is -2.63. The Kier molecular flexibility index (Phi) is 13.2. The monoisotopic (exact) mass is 567 g/mol. The third-order valence-corrected chi connectivity index (χ3v) is 8.27. The van der Waals surface area contributed by atoms with Gasteiger partial charge in [0, 0.05) is 36.3 Å². The van der Waals surface area contributed by atoms with E-state index in [1.807, 2.05) is 11.8 Å². The summed E-state index contributed by atoms with van der Waals surface area (Å²) >= 11 is 1.88. The number of carbonyl (C=O) groups excluding carboxylic acids is 5. The average molecular weight is 568 g/mol. The highest BCUT2D eigenvalue weighted by Crippen LogP contribution is 2.33. The molecule has 2 fully saturated rings. The number of carbonyl (C=O) groups is 5. The van der Waals surface area contributed by atoms with Gasteiger partial charge in [0.15, 0.2) is 5.78 Å². The molecule has 2 rings (SSSR count). The maximum absolute atomic E-state index is 12.7. The van der Waals surface area contributed by atoms with Gasteiger partial charge >= 0.3 is 12.0 Å². The summed E-state index contributed by atoms with van der Waals surface area (Å²) in [5, 5.41) is 19.0. The van der Waals surface area contributed by atoms with Gasteiger partial charge in [-0.2, -0.15) is 11.8 Å². The van der Waals surface area contributed by atoms with E-state index in [0.29, 0.717) is 30.9 Å². The van der Waals surface area contributed by atoms with Crippen molar-refractivity contribution in [3.63, 3.8) is 0 Å². The van der Waals surface area contributed by atoms with Crippen molar-refractivity contribution in [3.05, 3.63) is 0 Å². The van der Waals surface area contributed by atoms with E-state index >= 15 is 0 Å². The third kappa shape index (κ3) is 12.0. The Morgan fingerprint density at radius 3 is 2.54 bits per heavy atom. The summed E-state index contributed by atoms with van der Waals surface area (Å²) in [7, 11) is 0. The van der Waals surface area contributed by atoms with E-state index < -0.39 is 23.4 Å². The number of urea groups is 1. The summed E-state index contributed by atoms with van der Waals surface area (Å²) in [6.45, 7) is 7.51. The number of nitrogens with one attached hydrogen (secondary N) is 5. The van der Waals surface area contributed by atoms with Crippen LogP contribution in [0.1, 0.15) is 85.5 Å². The molecule has 39 heavy (non-hydrogen) atoms. The van der Waals surface area contributed by atoms with Gasteiger partial charge in [-0.1, -0.05) is 19.8 Å². The number of unbranched alkanes of at least 4 members (excludes halogenated alkanes) is 2. The molecule has 0 aliphatic carbocycles. The second-order valence-electron chi connectivity index (χ2n) is 11.4. The topological polar surface area (TPSA) is 167 Å². The van der Waals surface area contributed by atoms with Crippen LogP contribution in [0.3, 0.4) is 0 Å². The number of ketones is 1. The first-order chi connectivity index (χ1) is 18.4. The molecule has 0 bridgehead atoms. The van der Waals surface area contributed by atoms with E-state index in [9.17, 15) is 24.0 Å². The number of fused-ring (bicyclic) bond motifs is 1. The molecule has 0 spiro atoms. The standard InChI is InChI=1S/C27H45N5O6S/c1-17(24(35)30-19(13-12-18(33)15-28)25(36)38-27(2,3)4)9-7-8-14-29-22(34)11-6-5-10-21-23-20(16-39-21)31-26(37)32-23/h15,17,19-21,23,28H,5-14,16H2,1-4H3,(H,29,34)(H,30,35)(H2,31,32,37)/t17-,19-,20+,21-,23+/m0/s1. The zero-order chi connectivity index (χ0) is 29.0. The van der Waals surface area contributed by atoms with E-state index in [1.165, 1.54) is 0 Å². The number of Topliss-reactive ketones (excluding diaryl/α,β-unsaturated/α-hetero) is 1. The van der Waals surface area contributed by atoms with Crippen LogP contribution in [0, 0.1) is 11.3 Å². The first-order valence-electron chi connectivity index (χ1n) is 13.9. The fraction of sp³-hybridized carbons (Fsp3) is 0.778. The molecule has 2 heterocycles. The van der Waals surface area contributed by atoms with Crippen LogP contribution < -0.4 is 21.3 Å². The van der Waals surface area contributed by atoms with E-state index in [1.54, 1.807) is 27.7 Å². The number of thioether (sulfide) groups is 1. The maximum Gasteiger partial charge on any atom is 0.329 e. The number of amides is 4. The lowest BCUT2D eigenvalue weighted by atomic mass is 10.0. The van der Waals surface area contributed by atoms with Crippen molar-refractivity contribution in [2.24, 2.45) is 5.92 Å². The first-order valence-corrected chi connectivity index (χ1v) is 15.0. The first kappa shape index (κ1) is 32.6. The van der Waals surface area contributed by atoms with Crippen LogP contribution in [0.25, 0.3) is 0 Å². The predicted octanol–water partition coefficient (Wildman–Crippen LogP) is 2.46. The van der Waals surface area contributed by atoms with Crippen LogP contribution in [-0.2, 0) is 23.9 Å². The average Bonchev–Trinajstić information content (AvgIpc) is 3.41. The Balaban J connectivity index is 1.59. The number of hydrogen-bond acceptors (Lipinski definition) is 8. The molecule has 0 unspecified atom stereocenters. The van der Waals surface area contributed by atoms with Crippen LogP contribution in [0.5, 0.6) is 0 Å². The van der Waals surface area contributed by atoms with Gasteiger partial charge in [-0.15, -0.1) is 0 Å². The van der Waals surface area contributed by atoms with Crippen molar-refractivity contribution in [2.45, 2.75) is 114 Å². The Bertz CT molecular complexity index is 892. The smallest absolute Gasteiger partial charge is 0.329 e. The molecule has 2 saturated heterocycles. The minimum absolute atomic E-state index is 0.0215. The Morgan fingerprint density at radius 2 is 1.85 bits per heavy atom. The molecule has 11 nitrogen and oxygen atoms in total. The van der Waals surface area contributed by atoms with Gasteiger partial charge in [0.2, 0.25) is 11.8 Å². The van der Waals surface area contributed by atoms with Gasteiger partial charge in [-0.05, 0) is 52.9 Å². The summed E-state index contributed by atoms with van der Waals surface area (Å²) in [4.78, 5) is 60.4. The van der Waals surface area contributed by atoms with Crippen LogP contribution in [0.15, 0.2) is 0 Å². The number of esters is 1.